The fourth-order valence-electron chi connectivity index (χ4n) is 0.628. The lowest BCUT2D eigenvalue weighted by atomic mass is 10.5. The third kappa shape index (κ3) is 2.62. The van der Waals surface area contributed by atoms with Crippen molar-refractivity contribution in [2.75, 3.05) is 13.9 Å². The van der Waals surface area contributed by atoms with Crippen molar-refractivity contribution in [2.24, 2.45) is 0 Å². The maximum Gasteiger partial charge on any atom is 0.188 e. The molecule has 0 amide bonds. The lowest BCUT2D eigenvalue weighted by molar-refractivity contribution is 0.0503. The Morgan fingerprint density at radius 1 is 1.67 bits per heavy atom. The number of hydrogen-bond donors (Lipinski definition) is 0. The summed E-state index contributed by atoms with van der Waals surface area (Å²) >= 11 is 8.90. The van der Waals surface area contributed by atoms with Crippen molar-refractivity contribution in [1.82, 2.24) is 4.98 Å². The summed E-state index contributed by atoms with van der Waals surface area (Å²) in [5.74, 6) is 0.573. The van der Waals surface area contributed by atoms with Gasteiger partial charge in [-0.1, -0.05) is 11.6 Å². The minimum Gasteiger partial charge on any atom is -0.465 e. The molecule has 12 heavy (non-hydrogen) atoms. The largest absolute Gasteiger partial charge is 0.465 e. The van der Waals surface area contributed by atoms with Gasteiger partial charge in [0.25, 0.3) is 0 Å². The van der Waals surface area contributed by atoms with Crippen LogP contribution in [0.1, 0.15) is 0 Å². The molecule has 0 spiro atoms. The van der Waals surface area contributed by atoms with Crippen molar-refractivity contribution < 1.29 is 9.47 Å². The molecule has 66 valence electrons. The van der Waals surface area contributed by atoms with Gasteiger partial charge in [0, 0.05) is 19.4 Å². The van der Waals surface area contributed by atoms with Gasteiger partial charge in [-0.15, -0.1) is 0 Å². The molecule has 1 aromatic heterocycles. The van der Waals surface area contributed by atoms with Crippen LogP contribution in [0.25, 0.3) is 0 Å². The van der Waals surface area contributed by atoms with Crippen LogP contribution in [0.4, 0.5) is 0 Å². The highest BCUT2D eigenvalue weighted by Crippen LogP contribution is 2.25. The van der Waals surface area contributed by atoms with E-state index >= 15 is 0 Å². The molecular weight excluding hydrogens is 245 g/mol. The highest BCUT2D eigenvalue weighted by Gasteiger charge is 2.02. The average molecular weight is 252 g/mol. The first-order valence-electron chi connectivity index (χ1n) is 3.17. The maximum absolute atomic E-state index is 5.69. The van der Waals surface area contributed by atoms with Crippen LogP contribution in [0.15, 0.2) is 16.9 Å². The summed E-state index contributed by atoms with van der Waals surface area (Å²) in [7, 11) is 1.55. The Morgan fingerprint density at radius 3 is 3.08 bits per heavy atom. The van der Waals surface area contributed by atoms with E-state index in [1.807, 2.05) is 0 Å². The first-order chi connectivity index (χ1) is 5.74. The number of halogens is 2. The van der Waals surface area contributed by atoms with Gasteiger partial charge < -0.3 is 9.47 Å². The number of aromatic nitrogens is 1. The topological polar surface area (TPSA) is 31.4 Å². The SMILES string of the molecule is COCOc1cc(Cl)cnc1Br. The summed E-state index contributed by atoms with van der Waals surface area (Å²) < 4.78 is 10.5. The normalized spacial score (nSPS) is 9.92. The number of nitrogens with zero attached hydrogens (tertiary/aromatic N) is 1. The van der Waals surface area contributed by atoms with Crippen molar-refractivity contribution in [1.29, 1.82) is 0 Å². The van der Waals surface area contributed by atoms with Crippen LogP contribution in [0, 0.1) is 0 Å². The van der Waals surface area contributed by atoms with Crippen molar-refractivity contribution >= 4 is 27.5 Å². The third-order valence-corrected chi connectivity index (χ3v) is 1.91. The molecule has 0 N–H and O–H groups in total. The summed E-state index contributed by atoms with van der Waals surface area (Å²) in [6, 6.07) is 1.66. The molecule has 0 fully saturated rings. The van der Waals surface area contributed by atoms with Crippen molar-refractivity contribution in [3.8, 4) is 5.75 Å². The van der Waals surface area contributed by atoms with Crippen LogP contribution < -0.4 is 4.74 Å². The van der Waals surface area contributed by atoms with E-state index in [2.05, 4.69) is 20.9 Å². The molecule has 1 aromatic rings. The number of rotatable bonds is 3. The van der Waals surface area contributed by atoms with Gasteiger partial charge in [0.15, 0.2) is 12.5 Å². The van der Waals surface area contributed by atoms with Gasteiger partial charge in [-0.3, -0.25) is 0 Å². The zero-order valence-electron chi connectivity index (χ0n) is 6.38. The van der Waals surface area contributed by atoms with Crippen LogP contribution in [-0.2, 0) is 4.74 Å². The lowest BCUT2D eigenvalue weighted by Gasteiger charge is -2.05. The van der Waals surface area contributed by atoms with Gasteiger partial charge in [0.1, 0.15) is 4.60 Å². The first-order valence-corrected chi connectivity index (χ1v) is 4.34. The Balaban J connectivity index is 2.75. The Morgan fingerprint density at radius 2 is 2.42 bits per heavy atom. The Labute approximate surface area is 83.8 Å². The molecule has 0 radical (unpaired) electrons. The van der Waals surface area contributed by atoms with Crippen LogP contribution in [0.2, 0.25) is 5.02 Å². The van der Waals surface area contributed by atoms with E-state index in [9.17, 15) is 0 Å². The fraction of sp³-hybridized carbons (Fsp3) is 0.286. The predicted molar refractivity (Wildman–Crippen MR) is 49.5 cm³/mol. The van der Waals surface area contributed by atoms with Gasteiger partial charge >= 0.3 is 0 Å². The molecule has 0 bridgehead atoms. The molecule has 3 nitrogen and oxygen atoms in total. The third-order valence-electron chi connectivity index (χ3n) is 1.11. The van der Waals surface area contributed by atoms with Gasteiger partial charge in [-0.25, -0.2) is 4.98 Å². The van der Waals surface area contributed by atoms with E-state index in [1.165, 1.54) is 6.20 Å². The summed E-state index contributed by atoms with van der Waals surface area (Å²) in [6.45, 7) is 0.181. The zero-order chi connectivity index (χ0) is 8.97. The average Bonchev–Trinajstić information content (AvgIpc) is 2.07. The van der Waals surface area contributed by atoms with Crippen LogP contribution in [0.5, 0.6) is 5.75 Å². The maximum atomic E-state index is 5.69. The van der Waals surface area contributed by atoms with Crippen LogP contribution in [-0.4, -0.2) is 18.9 Å². The monoisotopic (exact) mass is 251 g/mol. The Kier molecular flexibility index (Phi) is 3.78. The van der Waals surface area contributed by atoms with Crippen molar-refractivity contribution in [3.05, 3.63) is 21.9 Å². The second-order valence-corrected chi connectivity index (χ2v) is 3.18. The summed E-state index contributed by atoms with van der Waals surface area (Å²) in [4.78, 5) is 3.94. The quantitative estimate of drug-likeness (QED) is 0.612. The number of ether oxygens (including phenoxy) is 2. The summed E-state index contributed by atoms with van der Waals surface area (Å²) in [6.07, 6.45) is 1.53. The molecule has 0 atom stereocenters. The smallest absolute Gasteiger partial charge is 0.188 e. The highest BCUT2D eigenvalue weighted by atomic mass is 79.9. The zero-order valence-corrected chi connectivity index (χ0v) is 8.72. The van der Waals surface area contributed by atoms with E-state index in [4.69, 9.17) is 21.1 Å². The Bertz CT molecular complexity index is 270. The molecule has 0 saturated heterocycles. The summed E-state index contributed by atoms with van der Waals surface area (Å²) in [5.41, 5.74) is 0. The second-order valence-electron chi connectivity index (χ2n) is 1.99. The number of pyridine rings is 1. The molecule has 1 heterocycles. The minimum atomic E-state index is 0.181. The standard InChI is InChI=1S/C7H7BrClNO2/c1-11-4-12-6-2-5(9)3-10-7(6)8/h2-3H,4H2,1H3. The molecule has 0 saturated carbocycles. The number of hydrogen-bond acceptors (Lipinski definition) is 3. The van der Waals surface area contributed by atoms with E-state index in [0.717, 1.165) is 0 Å². The lowest BCUT2D eigenvalue weighted by Crippen LogP contribution is -1.99. The molecule has 0 aliphatic heterocycles. The molecular formula is C7H7BrClNO2. The molecule has 0 aliphatic carbocycles. The van der Waals surface area contributed by atoms with Gasteiger partial charge in [0.2, 0.25) is 0 Å². The molecule has 0 aliphatic rings. The second kappa shape index (κ2) is 4.64. The molecule has 5 heteroatoms. The molecule has 0 aromatic carbocycles. The van der Waals surface area contributed by atoms with E-state index < -0.39 is 0 Å². The van der Waals surface area contributed by atoms with E-state index in [1.54, 1.807) is 13.2 Å². The van der Waals surface area contributed by atoms with E-state index in [0.29, 0.717) is 15.4 Å². The van der Waals surface area contributed by atoms with Gasteiger partial charge in [0.05, 0.1) is 5.02 Å². The molecule has 1 rings (SSSR count). The minimum absolute atomic E-state index is 0.181. The predicted octanol–water partition coefficient (Wildman–Crippen LogP) is 2.48. The van der Waals surface area contributed by atoms with Gasteiger partial charge in [-0.2, -0.15) is 0 Å². The van der Waals surface area contributed by atoms with Gasteiger partial charge in [-0.05, 0) is 15.9 Å². The molecule has 0 unspecified atom stereocenters. The van der Waals surface area contributed by atoms with E-state index in [-0.39, 0.29) is 6.79 Å². The van der Waals surface area contributed by atoms with Crippen molar-refractivity contribution in [3.63, 3.8) is 0 Å². The number of methoxy groups -OCH3 is 1. The summed E-state index contributed by atoms with van der Waals surface area (Å²) in [5, 5.41) is 0.532. The Hall–Kier alpha value is -0.320. The first kappa shape index (κ1) is 9.77. The highest BCUT2D eigenvalue weighted by molar-refractivity contribution is 9.10. The van der Waals surface area contributed by atoms with Crippen LogP contribution >= 0.6 is 27.5 Å². The fourth-order valence-corrected chi connectivity index (χ4v) is 1.11. The van der Waals surface area contributed by atoms with Crippen LogP contribution in [0.3, 0.4) is 0 Å². The van der Waals surface area contributed by atoms with Crippen molar-refractivity contribution in [2.45, 2.75) is 0 Å².